The predicted molar refractivity (Wildman–Crippen MR) is 108 cm³/mol. The minimum absolute atomic E-state index is 0.267. The van der Waals surface area contributed by atoms with Crippen molar-refractivity contribution in [2.75, 3.05) is 18.6 Å². The maximum Gasteiger partial charge on any atom is 0.276 e. The smallest absolute Gasteiger partial charge is 0.276 e. The predicted octanol–water partition coefficient (Wildman–Crippen LogP) is 4.89. The fraction of sp³-hybridized carbons (Fsp3) is 0.263. The van der Waals surface area contributed by atoms with E-state index in [-0.39, 0.29) is 5.69 Å². The van der Waals surface area contributed by atoms with E-state index in [9.17, 15) is 9.59 Å². The first-order chi connectivity index (χ1) is 13.2. The third-order valence-corrected chi connectivity index (χ3v) is 4.27. The van der Waals surface area contributed by atoms with Gasteiger partial charge in [-0.15, -0.1) is 0 Å². The van der Waals surface area contributed by atoms with Gasteiger partial charge in [-0.3, -0.25) is 9.59 Å². The summed E-state index contributed by atoms with van der Waals surface area (Å²) >= 11 is 12.2. The van der Waals surface area contributed by atoms with Gasteiger partial charge in [0.2, 0.25) is 6.04 Å². The summed E-state index contributed by atoms with van der Waals surface area (Å²) in [7, 11) is 2.94. The highest BCUT2D eigenvalue weighted by Crippen LogP contribution is 2.30. The number of ether oxygens (including phenoxy) is 2. The molecule has 0 bridgehead atoms. The quantitative estimate of drug-likeness (QED) is 0.360. The Kier molecular flexibility index (Phi) is 7.37. The number of hydrogen-bond donors (Lipinski definition) is 0. The van der Waals surface area contributed by atoms with E-state index in [0.717, 1.165) is 9.98 Å². The van der Waals surface area contributed by atoms with Gasteiger partial charge in [0, 0.05) is 35.0 Å². The molecule has 0 heterocycles. The number of carbonyl (C=O) groups excluding carboxylic acids is 2. The molecule has 1 unspecified atom stereocenters. The van der Waals surface area contributed by atoms with Crippen LogP contribution in [0, 0.1) is 6.92 Å². The number of hydrogen-bond acceptors (Lipinski definition) is 6. The highest BCUT2D eigenvalue weighted by molar-refractivity contribution is 6.39. The highest BCUT2D eigenvalue weighted by Gasteiger charge is 2.29. The second-order valence-electron chi connectivity index (χ2n) is 5.91. The van der Waals surface area contributed by atoms with Crippen LogP contribution in [0.4, 0.5) is 11.4 Å². The monoisotopic (exact) mass is 423 g/mol. The second-order valence-corrected chi connectivity index (χ2v) is 6.68. The van der Waals surface area contributed by atoms with Crippen LogP contribution in [0.5, 0.6) is 11.5 Å². The zero-order chi connectivity index (χ0) is 20.8. The third kappa shape index (κ3) is 5.43. The van der Waals surface area contributed by atoms with Gasteiger partial charge in [0.25, 0.3) is 5.91 Å². The van der Waals surface area contributed by atoms with Gasteiger partial charge in [0.05, 0.1) is 25.6 Å². The number of aryl methyl sites for hydroxylation is 1. The van der Waals surface area contributed by atoms with Crippen LogP contribution >= 0.6 is 23.4 Å². The zero-order valence-corrected chi connectivity index (χ0v) is 17.3. The molecular weight excluding hydrogens is 405 g/mol. The molecule has 0 aromatic heterocycles. The first kappa shape index (κ1) is 21.7. The van der Waals surface area contributed by atoms with Crippen LogP contribution in [0.25, 0.3) is 0 Å². The number of anilines is 1. The molecule has 0 aliphatic heterocycles. The molecule has 28 heavy (non-hydrogen) atoms. The van der Waals surface area contributed by atoms with Gasteiger partial charge < -0.3 is 9.47 Å². The molecule has 0 N–H and O–H groups in total. The molecule has 2 rings (SSSR count). The lowest BCUT2D eigenvalue weighted by Gasteiger charge is -2.18. The Bertz CT molecular complexity index is 876. The van der Waals surface area contributed by atoms with Crippen molar-refractivity contribution in [2.45, 2.75) is 19.9 Å². The molecule has 0 spiro atoms. The molecule has 1 amide bonds. The number of nitrogens with zero attached hydrogens (tertiary/aromatic N) is 3. The minimum Gasteiger partial charge on any atom is -0.497 e. The van der Waals surface area contributed by atoms with Crippen LogP contribution in [0.2, 0.25) is 5.02 Å². The van der Waals surface area contributed by atoms with E-state index in [1.807, 2.05) is 6.92 Å². The fourth-order valence-corrected chi connectivity index (χ4v) is 2.82. The molecule has 0 aliphatic carbocycles. The van der Waals surface area contributed by atoms with Crippen molar-refractivity contribution in [3.05, 3.63) is 47.0 Å². The first-order valence-corrected chi connectivity index (χ1v) is 8.88. The summed E-state index contributed by atoms with van der Waals surface area (Å²) in [5.74, 6) is -0.397. The maximum atomic E-state index is 12.8. The second kappa shape index (κ2) is 9.52. The number of ketones is 1. The van der Waals surface area contributed by atoms with Crippen molar-refractivity contribution in [3.63, 3.8) is 0 Å². The maximum absolute atomic E-state index is 12.8. The topological polar surface area (TPSA) is 80.6 Å². The van der Waals surface area contributed by atoms with Crippen molar-refractivity contribution in [1.82, 2.24) is 0 Å². The largest absolute Gasteiger partial charge is 0.497 e. The first-order valence-electron chi connectivity index (χ1n) is 8.16. The molecule has 0 saturated carbocycles. The van der Waals surface area contributed by atoms with Gasteiger partial charge >= 0.3 is 0 Å². The van der Waals surface area contributed by atoms with Crippen LogP contribution in [0.1, 0.15) is 12.5 Å². The van der Waals surface area contributed by atoms with E-state index >= 15 is 0 Å². The summed E-state index contributed by atoms with van der Waals surface area (Å²) in [5.41, 5.74) is 1.56. The van der Waals surface area contributed by atoms with Gasteiger partial charge in [0.1, 0.15) is 11.5 Å². The molecule has 0 radical (unpaired) electrons. The van der Waals surface area contributed by atoms with Crippen molar-refractivity contribution < 1.29 is 19.1 Å². The standard InChI is InChI=1S/C19H19Cl2N3O4/c1-11-5-13(20)7-14(6-11)22-23-18(12(2)25)19(26)24(21)15-8-16(27-3)10-17(9-15)28-4/h5-10,18H,1-4H3. The van der Waals surface area contributed by atoms with Crippen LogP contribution in [-0.2, 0) is 9.59 Å². The third-order valence-electron chi connectivity index (χ3n) is 3.69. The highest BCUT2D eigenvalue weighted by atomic mass is 35.5. The average Bonchev–Trinajstić information content (AvgIpc) is 2.65. The Balaban J connectivity index is 2.31. The summed E-state index contributed by atoms with van der Waals surface area (Å²) < 4.78 is 11.1. The summed E-state index contributed by atoms with van der Waals surface area (Å²) in [4.78, 5) is 24.7. The summed E-state index contributed by atoms with van der Waals surface area (Å²) in [6.45, 7) is 3.08. The Labute approximate surface area is 173 Å². The van der Waals surface area contributed by atoms with Gasteiger partial charge in [-0.1, -0.05) is 11.6 Å². The lowest BCUT2D eigenvalue weighted by molar-refractivity contribution is -0.126. The number of benzene rings is 2. The molecular formula is C19H19Cl2N3O4. The molecule has 2 aromatic rings. The normalized spacial score (nSPS) is 11.9. The van der Waals surface area contributed by atoms with Crippen molar-refractivity contribution >= 4 is 46.4 Å². The summed E-state index contributed by atoms with van der Waals surface area (Å²) in [6.07, 6.45) is 0. The van der Waals surface area contributed by atoms with E-state index in [1.54, 1.807) is 24.3 Å². The molecule has 7 nitrogen and oxygen atoms in total. The van der Waals surface area contributed by atoms with E-state index < -0.39 is 17.7 Å². The minimum atomic E-state index is -1.41. The Morgan fingerprint density at radius 3 is 2.14 bits per heavy atom. The van der Waals surface area contributed by atoms with E-state index in [2.05, 4.69) is 10.2 Å². The lowest BCUT2D eigenvalue weighted by atomic mass is 10.2. The van der Waals surface area contributed by atoms with Crippen LogP contribution in [0.15, 0.2) is 46.6 Å². The van der Waals surface area contributed by atoms with Crippen LogP contribution in [-0.4, -0.2) is 32.0 Å². The van der Waals surface area contributed by atoms with E-state index in [0.29, 0.717) is 22.2 Å². The van der Waals surface area contributed by atoms with Crippen molar-refractivity contribution in [1.29, 1.82) is 0 Å². The number of halogens is 2. The molecule has 2 aromatic carbocycles. The number of carbonyl (C=O) groups is 2. The molecule has 0 saturated heterocycles. The summed E-state index contributed by atoms with van der Waals surface area (Å²) in [5, 5.41) is 8.34. The molecule has 0 aliphatic rings. The molecule has 0 fully saturated rings. The van der Waals surface area contributed by atoms with Gasteiger partial charge in [-0.25, -0.2) is 4.42 Å². The number of azo groups is 1. The fourth-order valence-electron chi connectivity index (χ4n) is 2.34. The van der Waals surface area contributed by atoms with E-state index in [4.69, 9.17) is 32.9 Å². The van der Waals surface area contributed by atoms with Gasteiger partial charge in [-0.05, 0) is 37.6 Å². The SMILES string of the molecule is COc1cc(OC)cc(N(Cl)C(=O)C(N=Nc2cc(C)cc(Cl)c2)C(C)=O)c1. The number of methoxy groups -OCH3 is 2. The summed E-state index contributed by atoms with van der Waals surface area (Å²) in [6, 6.07) is 8.33. The van der Waals surface area contributed by atoms with Gasteiger partial charge in [0.15, 0.2) is 5.78 Å². The van der Waals surface area contributed by atoms with E-state index in [1.165, 1.54) is 33.3 Å². The Hall–Kier alpha value is -2.64. The average molecular weight is 424 g/mol. The van der Waals surface area contributed by atoms with Crippen LogP contribution < -0.4 is 13.9 Å². The number of Topliss-reactive ketones (excluding diaryl/α,β-unsaturated/α-hetero) is 1. The number of rotatable bonds is 7. The lowest BCUT2D eigenvalue weighted by Crippen LogP contribution is -2.36. The Morgan fingerprint density at radius 1 is 1.04 bits per heavy atom. The molecule has 1 atom stereocenters. The van der Waals surface area contributed by atoms with Crippen molar-refractivity contribution in [2.24, 2.45) is 10.2 Å². The van der Waals surface area contributed by atoms with Gasteiger partial charge in [-0.2, -0.15) is 10.2 Å². The zero-order valence-electron chi connectivity index (χ0n) is 15.8. The Morgan fingerprint density at radius 2 is 1.64 bits per heavy atom. The van der Waals surface area contributed by atoms with Crippen molar-refractivity contribution in [3.8, 4) is 11.5 Å². The molecule has 9 heteroatoms. The molecule has 148 valence electrons. The van der Waals surface area contributed by atoms with Crippen LogP contribution in [0.3, 0.4) is 0 Å². The number of amides is 1.